The van der Waals surface area contributed by atoms with Crippen molar-refractivity contribution in [2.45, 2.75) is 26.4 Å². The van der Waals surface area contributed by atoms with Gasteiger partial charge in [0.15, 0.2) is 0 Å². The predicted octanol–water partition coefficient (Wildman–Crippen LogP) is 0.803. The van der Waals surface area contributed by atoms with Gasteiger partial charge in [-0.05, 0) is 6.92 Å². The van der Waals surface area contributed by atoms with Gasteiger partial charge in [-0.1, -0.05) is 13.8 Å². The monoisotopic (exact) mass is 188 g/mol. The number of hydrogen-bond donors (Lipinski definition) is 1. The molecule has 0 aromatic rings. The van der Waals surface area contributed by atoms with Crippen molar-refractivity contribution in [3.8, 4) is 0 Å². The molecule has 0 bridgehead atoms. The molecule has 76 valence electrons. The minimum atomic E-state index is -1.15. The van der Waals surface area contributed by atoms with E-state index in [1.165, 1.54) is 6.40 Å². The summed E-state index contributed by atoms with van der Waals surface area (Å²) in [7, 11) is 3.56. The molecule has 0 aliphatic rings. The minimum absolute atomic E-state index is 0.0822. The van der Waals surface area contributed by atoms with Crippen molar-refractivity contribution < 1.29 is 19.2 Å². The van der Waals surface area contributed by atoms with Crippen molar-refractivity contribution in [2.75, 3.05) is 14.1 Å². The van der Waals surface area contributed by atoms with Crippen molar-refractivity contribution >= 4 is 12.4 Å². The average Bonchev–Trinajstić information content (AvgIpc) is 1.99. The summed E-state index contributed by atoms with van der Waals surface area (Å²) in [5.74, 6) is -1.03. The maximum atomic E-state index is 10.9. The standard InChI is InChI=1S/C9H17NO3/c1-7(2)9(3,8(11)12)13-6-10(4)5/h6-7H,1-5H3/p+1. The van der Waals surface area contributed by atoms with E-state index in [0.29, 0.717) is 0 Å². The van der Waals surface area contributed by atoms with Crippen LogP contribution in [0, 0.1) is 5.92 Å². The molecule has 1 unspecified atom stereocenters. The number of hydrogen-bond acceptors (Lipinski definition) is 2. The summed E-state index contributed by atoms with van der Waals surface area (Å²) in [4.78, 5) is 10.9. The first-order chi connectivity index (χ1) is 5.80. The quantitative estimate of drug-likeness (QED) is 0.403. The Kier molecular flexibility index (Phi) is 3.91. The zero-order valence-electron chi connectivity index (χ0n) is 8.87. The van der Waals surface area contributed by atoms with E-state index in [2.05, 4.69) is 0 Å². The van der Waals surface area contributed by atoms with Crippen LogP contribution in [0.1, 0.15) is 20.8 Å². The molecule has 4 nitrogen and oxygen atoms in total. The first-order valence-electron chi connectivity index (χ1n) is 4.21. The highest BCUT2D eigenvalue weighted by Crippen LogP contribution is 2.20. The molecule has 0 aliphatic carbocycles. The van der Waals surface area contributed by atoms with Crippen LogP contribution in [0.4, 0.5) is 0 Å². The van der Waals surface area contributed by atoms with Crippen LogP contribution < -0.4 is 0 Å². The van der Waals surface area contributed by atoms with Gasteiger partial charge in [0.1, 0.15) is 14.1 Å². The van der Waals surface area contributed by atoms with Gasteiger partial charge in [-0.3, -0.25) is 0 Å². The molecular formula is C9H18NO3+. The highest BCUT2D eigenvalue weighted by atomic mass is 16.5. The zero-order chi connectivity index (χ0) is 10.6. The average molecular weight is 188 g/mol. The zero-order valence-corrected chi connectivity index (χ0v) is 8.87. The first-order valence-corrected chi connectivity index (χ1v) is 4.21. The van der Waals surface area contributed by atoms with Crippen molar-refractivity contribution in [3.63, 3.8) is 0 Å². The van der Waals surface area contributed by atoms with Gasteiger partial charge in [0.2, 0.25) is 5.60 Å². The van der Waals surface area contributed by atoms with Crippen LogP contribution in [0.5, 0.6) is 0 Å². The molecule has 13 heavy (non-hydrogen) atoms. The third-order valence-electron chi connectivity index (χ3n) is 2.03. The molecule has 1 atom stereocenters. The molecule has 0 heterocycles. The van der Waals surface area contributed by atoms with E-state index in [-0.39, 0.29) is 5.92 Å². The topological polar surface area (TPSA) is 49.5 Å². The molecule has 4 heteroatoms. The summed E-state index contributed by atoms with van der Waals surface area (Å²) in [6.07, 6.45) is 1.41. The van der Waals surface area contributed by atoms with Crippen LogP contribution in [0.2, 0.25) is 0 Å². The lowest BCUT2D eigenvalue weighted by atomic mass is 9.92. The minimum Gasteiger partial charge on any atom is -0.478 e. The van der Waals surface area contributed by atoms with E-state index >= 15 is 0 Å². The van der Waals surface area contributed by atoms with Crippen molar-refractivity contribution in [3.05, 3.63) is 0 Å². The van der Waals surface area contributed by atoms with E-state index < -0.39 is 11.6 Å². The van der Waals surface area contributed by atoms with Gasteiger partial charge < -0.3 is 9.84 Å². The van der Waals surface area contributed by atoms with E-state index in [1.807, 2.05) is 13.8 Å². The molecule has 0 aromatic heterocycles. The number of aliphatic carboxylic acids is 1. The van der Waals surface area contributed by atoms with E-state index in [4.69, 9.17) is 9.84 Å². The third kappa shape index (κ3) is 3.05. The van der Waals surface area contributed by atoms with Gasteiger partial charge >= 0.3 is 12.4 Å². The maximum absolute atomic E-state index is 10.9. The molecule has 0 aliphatic heterocycles. The lowest BCUT2D eigenvalue weighted by Gasteiger charge is -2.26. The number of carboxylic acid groups (broad SMARTS) is 1. The fraction of sp³-hybridized carbons (Fsp3) is 0.778. The number of carboxylic acids is 1. The predicted molar refractivity (Wildman–Crippen MR) is 50.1 cm³/mol. The number of nitrogens with zero attached hydrogens (tertiary/aromatic N) is 1. The molecular weight excluding hydrogens is 170 g/mol. The normalized spacial score (nSPS) is 14.9. The Balaban J connectivity index is 4.62. The number of rotatable bonds is 4. The van der Waals surface area contributed by atoms with Crippen LogP contribution in [-0.4, -0.2) is 41.7 Å². The highest BCUT2D eigenvalue weighted by Gasteiger charge is 2.39. The Labute approximate surface area is 78.8 Å². The summed E-state index contributed by atoms with van der Waals surface area (Å²) in [5, 5.41) is 8.95. The summed E-state index contributed by atoms with van der Waals surface area (Å²) >= 11 is 0. The number of carbonyl (C=O) groups is 1. The van der Waals surface area contributed by atoms with E-state index in [9.17, 15) is 4.79 Å². The van der Waals surface area contributed by atoms with Crippen molar-refractivity contribution in [2.24, 2.45) is 5.92 Å². The first kappa shape index (κ1) is 11.9. The third-order valence-corrected chi connectivity index (χ3v) is 2.03. The smallest absolute Gasteiger partial charge is 0.348 e. The Hall–Kier alpha value is -1.06. The van der Waals surface area contributed by atoms with Gasteiger partial charge in [-0.2, -0.15) is 0 Å². The molecule has 0 amide bonds. The highest BCUT2D eigenvalue weighted by molar-refractivity contribution is 5.78. The fourth-order valence-corrected chi connectivity index (χ4v) is 0.648. The lowest BCUT2D eigenvalue weighted by molar-refractivity contribution is -0.469. The molecule has 0 aromatic carbocycles. The second-order valence-corrected chi connectivity index (χ2v) is 3.75. The molecule has 1 N–H and O–H groups in total. The molecule has 0 rings (SSSR count). The van der Waals surface area contributed by atoms with E-state index in [0.717, 1.165) is 0 Å². The SMILES string of the molecule is CC(C)C(C)(OC=[N+](C)C)C(=O)O. The fourth-order valence-electron chi connectivity index (χ4n) is 0.648. The second kappa shape index (κ2) is 4.25. The summed E-state index contributed by atoms with van der Waals surface area (Å²) in [6.45, 7) is 5.20. The van der Waals surface area contributed by atoms with Crippen LogP contribution >= 0.6 is 0 Å². The molecule has 0 saturated heterocycles. The molecule has 0 spiro atoms. The summed E-state index contributed by atoms with van der Waals surface area (Å²) in [6, 6.07) is 0. The number of ether oxygens (including phenoxy) is 1. The summed E-state index contributed by atoms with van der Waals surface area (Å²) in [5.41, 5.74) is -1.15. The van der Waals surface area contributed by atoms with E-state index in [1.54, 1.807) is 25.6 Å². The Morgan fingerprint density at radius 3 is 2.23 bits per heavy atom. The van der Waals surface area contributed by atoms with Crippen molar-refractivity contribution in [1.29, 1.82) is 0 Å². The van der Waals surface area contributed by atoms with Gasteiger partial charge in [-0.25, -0.2) is 9.37 Å². The van der Waals surface area contributed by atoms with Gasteiger partial charge in [0, 0.05) is 5.92 Å². The van der Waals surface area contributed by atoms with Gasteiger partial charge in [0.05, 0.1) is 0 Å². The Bertz CT molecular complexity index is 219. The lowest BCUT2D eigenvalue weighted by Crippen LogP contribution is -2.43. The van der Waals surface area contributed by atoms with Crippen molar-refractivity contribution in [1.82, 2.24) is 0 Å². The molecule has 0 radical (unpaired) electrons. The van der Waals surface area contributed by atoms with Crippen LogP contribution in [0.15, 0.2) is 0 Å². The summed E-state index contributed by atoms with van der Waals surface area (Å²) < 4.78 is 6.89. The molecule has 0 fully saturated rings. The van der Waals surface area contributed by atoms with Gasteiger partial charge in [-0.15, -0.1) is 0 Å². The Morgan fingerprint density at radius 1 is 1.54 bits per heavy atom. The largest absolute Gasteiger partial charge is 0.478 e. The van der Waals surface area contributed by atoms with Gasteiger partial charge in [0.25, 0.3) is 0 Å². The van der Waals surface area contributed by atoms with Crippen LogP contribution in [0.25, 0.3) is 0 Å². The maximum Gasteiger partial charge on any atom is 0.348 e. The molecule has 0 saturated carbocycles. The Morgan fingerprint density at radius 2 is 2.00 bits per heavy atom. The van der Waals surface area contributed by atoms with Crippen LogP contribution in [-0.2, 0) is 9.53 Å². The second-order valence-electron chi connectivity index (χ2n) is 3.75. The van der Waals surface area contributed by atoms with Crippen LogP contribution in [0.3, 0.4) is 0 Å².